The number of piperazine rings is 1. The van der Waals surface area contributed by atoms with Gasteiger partial charge >= 0.3 is 0 Å². The molecule has 0 aromatic carbocycles. The number of halogens is 1. The van der Waals surface area contributed by atoms with E-state index < -0.39 is 0 Å². The predicted molar refractivity (Wildman–Crippen MR) is 112 cm³/mol. The first-order valence-electron chi connectivity index (χ1n) is 8.97. The molecule has 1 N–H and O–H groups in total. The molecule has 2 aromatic rings. The molecule has 0 unspecified atom stereocenters. The van der Waals surface area contributed by atoms with Gasteiger partial charge in [-0.2, -0.15) is 5.10 Å². The second-order valence-corrected chi connectivity index (χ2v) is 6.11. The van der Waals surface area contributed by atoms with E-state index in [9.17, 15) is 0 Å². The smallest absolute Gasteiger partial charge is 0.194 e. The van der Waals surface area contributed by atoms with Crippen molar-refractivity contribution in [2.24, 2.45) is 4.99 Å². The highest BCUT2D eigenvalue weighted by Crippen LogP contribution is 2.07. The fourth-order valence-electron chi connectivity index (χ4n) is 2.94. The minimum Gasteiger partial charge on any atom is -0.364 e. The lowest BCUT2D eigenvalue weighted by atomic mass is 10.3. The maximum absolute atomic E-state index is 4.91. The maximum atomic E-state index is 4.91. The lowest BCUT2D eigenvalue weighted by molar-refractivity contribution is 0.169. The van der Waals surface area contributed by atoms with Gasteiger partial charge in [-0.05, 0) is 19.4 Å². The van der Waals surface area contributed by atoms with Gasteiger partial charge in [-0.3, -0.25) is 14.6 Å². The van der Waals surface area contributed by atoms with Crippen LogP contribution in [0.25, 0.3) is 0 Å². The molecular weight excluding hydrogens is 445 g/mol. The summed E-state index contributed by atoms with van der Waals surface area (Å²) >= 11 is 0. The molecular formula is C17H28IN7O. The van der Waals surface area contributed by atoms with Crippen molar-refractivity contribution in [1.29, 1.82) is 0 Å². The monoisotopic (exact) mass is 473 g/mol. The van der Waals surface area contributed by atoms with Gasteiger partial charge in [0.25, 0.3) is 0 Å². The van der Waals surface area contributed by atoms with Crippen LogP contribution in [-0.4, -0.2) is 70.0 Å². The zero-order valence-electron chi connectivity index (χ0n) is 15.3. The molecule has 0 radical (unpaired) electrons. The number of aryl methyl sites for hydroxylation is 1. The van der Waals surface area contributed by atoms with Gasteiger partial charge in [-0.1, -0.05) is 5.16 Å². The third-order valence-corrected chi connectivity index (χ3v) is 4.25. The molecule has 3 heterocycles. The van der Waals surface area contributed by atoms with E-state index in [-0.39, 0.29) is 24.0 Å². The zero-order valence-corrected chi connectivity index (χ0v) is 17.6. The van der Waals surface area contributed by atoms with Crippen molar-refractivity contribution in [3.8, 4) is 0 Å². The number of hydrogen-bond donors (Lipinski definition) is 1. The van der Waals surface area contributed by atoms with Gasteiger partial charge in [0, 0.05) is 70.8 Å². The molecule has 8 nitrogen and oxygen atoms in total. The standard InChI is InChI=1S/C17H27N7O.HI/c1-2-18-17(19-6-3-8-24-9-4-7-20-24)23-12-10-22(11-13-23)15-16-5-14-25-21-16;/h4-5,7,9,14H,2-3,6,8,10-13,15H2,1H3,(H,18,19);1H. The van der Waals surface area contributed by atoms with Gasteiger partial charge in [0.1, 0.15) is 6.26 Å². The average molecular weight is 473 g/mol. The number of aromatic nitrogens is 3. The Labute approximate surface area is 171 Å². The van der Waals surface area contributed by atoms with Crippen LogP contribution in [-0.2, 0) is 13.1 Å². The first kappa shape index (κ1) is 20.7. The normalized spacial score (nSPS) is 15.7. The number of aliphatic imine (C=N–C) groups is 1. The quantitative estimate of drug-likeness (QED) is 0.286. The fourth-order valence-corrected chi connectivity index (χ4v) is 2.94. The van der Waals surface area contributed by atoms with Crippen molar-refractivity contribution in [1.82, 2.24) is 30.1 Å². The Morgan fingerprint density at radius 3 is 2.81 bits per heavy atom. The number of guanidine groups is 1. The van der Waals surface area contributed by atoms with Crippen LogP contribution in [0.4, 0.5) is 0 Å². The van der Waals surface area contributed by atoms with Crippen LogP contribution < -0.4 is 5.32 Å². The van der Waals surface area contributed by atoms with E-state index in [4.69, 9.17) is 9.52 Å². The molecule has 2 aromatic heterocycles. The Hall–Kier alpha value is -1.62. The summed E-state index contributed by atoms with van der Waals surface area (Å²) < 4.78 is 6.86. The minimum absolute atomic E-state index is 0. The van der Waals surface area contributed by atoms with Crippen molar-refractivity contribution in [3.63, 3.8) is 0 Å². The van der Waals surface area contributed by atoms with Crippen molar-refractivity contribution < 1.29 is 4.52 Å². The van der Waals surface area contributed by atoms with Crippen molar-refractivity contribution in [2.45, 2.75) is 26.4 Å². The predicted octanol–water partition coefficient (Wildman–Crippen LogP) is 1.66. The highest BCUT2D eigenvalue weighted by Gasteiger charge is 2.20. The first-order valence-corrected chi connectivity index (χ1v) is 8.97. The van der Waals surface area contributed by atoms with Gasteiger partial charge in [0.2, 0.25) is 0 Å². The molecule has 0 aliphatic carbocycles. The highest BCUT2D eigenvalue weighted by molar-refractivity contribution is 14.0. The Morgan fingerprint density at radius 2 is 2.15 bits per heavy atom. The molecule has 26 heavy (non-hydrogen) atoms. The van der Waals surface area contributed by atoms with Crippen LogP contribution in [0.3, 0.4) is 0 Å². The van der Waals surface area contributed by atoms with Crippen LogP contribution >= 0.6 is 24.0 Å². The van der Waals surface area contributed by atoms with Crippen molar-refractivity contribution >= 4 is 29.9 Å². The van der Waals surface area contributed by atoms with E-state index in [2.05, 4.69) is 32.3 Å². The third-order valence-electron chi connectivity index (χ3n) is 4.25. The number of rotatable bonds is 7. The number of nitrogens with one attached hydrogen (secondary N) is 1. The SMILES string of the molecule is CCNC(=NCCCn1cccn1)N1CCN(Cc2ccon2)CC1.I. The van der Waals surface area contributed by atoms with Gasteiger partial charge in [0.05, 0.1) is 5.69 Å². The van der Waals surface area contributed by atoms with E-state index in [0.29, 0.717) is 0 Å². The molecule has 0 bridgehead atoms. The van der Waals surface area contributed by atoms with E-state index in [1.165, 1.54) is 0 Å². The first-order chi connectivity index (χ1) is 12.3. The molecule has 1 aliphatic heterocycles. The molecule has 9 heteroatoms. The summed E-state index contributed by atoms with van der Waals surface area (Å²) in [7, 11) is 0. The largest absolute Gasteiger partial charge is 0.364 e. The maximum Gasteiger partial charge on any atom is 0.194 e. The second-order valence-electron chi connectivity index (χ2n) is 6.11. The summed E-state index contributed by atoms with van der Waals surface area (Å²) in [6, 6.07) is 3.88. The Balaban J connectivity index is 0.00000243. The number of nitrogens with zero attached hydrogens (tertiary/aromatic N) is 6. The molecule has 144 valence electrons. The lowest BCUT2D eigenvalue weighted by Crippen LogP contribution is -2.52. The molecule has 0 atom stereocenters. The van der Waals surface area contributed by atoms with Crippen molar-refractivity contribution in [2.75, 3.05) is 39.3 Å². The van der Waals surface area contributed by atoms with Crippen LogP contribution in [0.5, 0.6) is 0 Å². The van der Waals surface area contributed by atoms with Crippen LogP contribution in [0.2, 0.25) is 0 Å². The van der Waals surface area contributed by atoms with Gasteiger partial charge in [0.15, 0.2) is 5.96 Å². The van der Waals surface area contributed by atoms with E-state index in [0.717, 1.165) is 70.4 Å². The Morgan fingerprint density at radius 1 is 1.31 bits per heavy atom. The van der Waals surface area contributed by atoms with E-state index in [1.807, 2.05) is 29.2 Å². The van der Waals surface area contributed by atoms with E-state index in [1.54, 1.807) is 6.26 Å². The molecule has 1 saturated heterocycles. The Bertz CT molecular complexity index is 622. The third kappa shape index (κ3) is 6.27. The van der Waals surface area contributed by atoms with Crippen molar-refractivity contribution in [3.05, 3.63) is 36.5 Å². The summed E-state index contributed by atoms with van der Waals surface area (Å²) in [6.07, 6.45) is 6.42. The summed E-state index contributed by atoms with van der Waals surface area (Å²) in [5.41, 5.74) is 0.993. The van der Waals surface area contributed by atoms with Crippen LogP contribution in [0.1, 0.15) is 19.0 Å². The summed E-state index contributed by atoms with van der Waals surface area (Å²) in [6.45, 7) is 9.52. The minimum atomic E-state index is 0. The van der Waals surface area contributed by atoms with Gasteiger partial charge < -0.3 is 14.7 Å². The Kier molecular flexibility index (Phi) is 8.89. The van der Waals surface area contributed by atoms with Gasteiger partial charge in [-0.25, -0.2) is 0 Å². The molecule has 3 rings (SSSR count). The molecule has 1 aliphatic rings. The molecule has 0 saturated carbocycles. The highest BCUT2D eigenvalue weighted by atomic mass is 127. The fraction of sp³-hybridized carbons (Fsp3) is 0.588. The zero-order chi connectivity index (χ0) is 17.3. The van der Waals surface area contributed by atoms with Crippen LogP contribution in [0.15, 0.2) is 40.3 Å². The van der Waals surface area contributed by atoms with Gasteiger partial charge in [-0.15, -0.1) is 24.0 Å². The topological polar surface area (TPSA) is 74.7 Å². The second kappa shape index (κ2) is 11.2. The van der Waals surface area contributed by atoms with E-state index >= 15 is 0 Å². The molecule has 0 amide bonds. The number of hydrogen-bond acceptors (Lipinski definition) is 5. The summed E-state index contributed by atoms with van der Waals surface area (Å²) in [5, 5.41) is 11.6. The van der Waals surface area contributed by atoms with Crippen LogP contribution in [0, 0.1) is 0 Å². The molecule has 1 fully saturated rings. The lowest BCUT2D eigenvalue weighted by Gasteiger charge is -2.36. The summed E-state index contributed by atoms with van der Waals surface area (Å²) in [5.74, 6) is 1.02. The summed E-state index contributed by atoms with van der Waals surface area (Å²) in [4.78, 5) is 9.52. The molecule has 0 spiro atoms. The average Bonchev–Trinajstić information content (AvgIpc) is 3.32.